The van der Waals surface area contributed by atoms with Crippen LogP contribution in [0.25, 0.3) is 21.3 Å². The van der Waals surface area contributed by atoms with E-state index < -0.39 is 0 Å². The average molecular weight is 420 g/mol. The monoisotopic (exact) mass is 419 g/mol. The van der Waals surface area contributed by atoms with Crippen LogP contribution in [-0.4, -0.2) is 9.55 Å². The van der Waals surface area contributed by atoms with Gasteiger partial charge in [-0.15, -0.1) is 11.3 Å². The molecule has 6 heteroatoms. The number of rotatable bonds is 5. The van der Waals surface area contributed by atoms with Crippen molar-refractivity contribution in [2.75, 3.05) is 0 Å². The van der Waals surface area contributed by atoms with Gasteiger partial charge >= 0.3 is 0 Å². The highest BCUT2D eigenvalue weighted by molar-refractivity contribution is 7.17. The van der Waals surface area contributed by atoms with Crippen molar-refractivity contribution in [3.8, 4) is 17.2 Å². The Bertz CT molecular complexity index is 1280. The van der Waals surface area contributed by atoms with Gasteiger partial charge in [0.25, 0.3) is 5.56 Å². The number of thiophene rings is 1. The van der Waals surface area contributed by atoms with Crippen LogP contribution in [0, 0.1) is 11.3 Å². The summed E-state index contributed by atoms with van der Waals surface area (Å²) in [5, 5.41) is 12.5. The number of nitrogens with zero attached hydrogens (tertiary/aromatic N) is 3. The standard InChI is InChI=1S/C23H18ClN3OS/c1-2-4-20-26-22-21(19(14-29-22)17-7-9-18(24)10-8-17)23(28)27(20)13-16-6-3-5-15(11-16)12-25/h3,5-11,14H,2,4,13H2,1H3. The summed E-state index contributed by atoms with van der Waals surface area (Å²) >= 11 is 7.51. The van der Waals surface area contributed by atoms with Gasteiger partial charge in [0.2, 0.25) is 0 Å². The van der Waals surface area contributed by atoms with Gasteiger partial charge in [-0.1, -0.05) is 42.8 Å². The third kappa shape index (κ3) is 3.82. The maximum absolute atomic E-state index is 13.5. The lowest BCUT2D eigenvalue weighted by atomic mass is 10.1. The topological polar surface area (TPSA) is 58.7 Å². The van der Waals surface area contributed by atoms with Crippen LogP contribution < -0.4 is 5.56 Å². The molecule has 0 saturated carbocycles. The van der Waals surface area contributed by atoms with E-state index in [4.69, 9.17) is 16.6 Å². The molecule has 0 radical (unpaired) electrons. The second-order valence-electron chi connectivity index (χ2n) is 6.82. The fraction of sp³-hybridized carbons (Fsp3) is 0.174. The molecule has 0 aliphatic rings. The second kappa shape index (κ2) is 8.20. The van der Waals surface area contributed by atoms with Gasteiger partial charge in [-0.3, -0.25) is 9.36 Å². The van der Waals surface area contributed by atoms with Crippen molar-refractivity contribution in [2.45, 2.75) is 26.3 Å². The van der Waals surface area contributed by atoms with Crippen molar-refractivity contribution < 1.29 is 0 Å². The van der Waals surface area contributed by atoms with Crippen LogP contribution in [0.4, 0.5) is 0 Å². The lowest BCUT2D eigenvalue weighted by Crippen LogP contribution is -2.25. The SMILES string of the molecule is CCCc1nc2scc(-c3ccc(Cl)cc3)c2c(=O)n1Cc1cccc(C#N)c1. The van der Waals surface area contributed by atoms with E-state index in [9.17, 15) is 10.1 Å². The number of aromatic nitrogens is 2. The lowest BCUT2D eigenvalue weighted by molar-refractivity contribution is 0.666. The Balaban J connectivity index is 1.89. The Hall–Kier alpha value is -2.94. The largest absolute Gasteiger partial charge is 0.292 e. The molecule has 4 nitrogen and oxygen atoms in total. The molecule has 0 amide bonds. The van der Waals surface area contributed by atoms with Crippen molar-refractivity contribution in [3.05, 3.63) is 86.2 Å². The van der Waals surface area contributed by atoms with Gasteiger partial charge in [-0.2, -0.15) is 5.26 Å². The molecule has 4 rings (SSSR count). The van der Waals surface area contributed by atoms with Crippen molar-refractivity contribution in [3.63, 3.8) is 0 Å². The molecule has 0 bridgehead atoms. The summed E-state index contributed by atoms with van der Waals surface area (Å²) in [4.78, 5) is 19.1. The van der Waals surface area contributed by atoms with Crippen LogP contribution in [-0.2, 0) is 13.0 Å². The van der Waals surface area contributed by atoms with Crippen molar-refractivity contribution in [1.82, 2.24) is 9.55 Å². The predicted octanol–water partition coefficient (Wildman–Crippen LogP) is 5.65. The maximum atomic E-state index is 13.5. The van der Waals surface area contributed by atoms with Gasteiger partial charge in [-0.05, 0) is 41.8 Å². The minimum absolute atomic E-state index is 0.0491. The molecule has 0 aliphatic heterocycles. The van der Waals surface area contributed by atoms with E-state index in [1.54, 1.807) is 10.6 Å². The van der Waals surface area contributed by atoms with E-state index in [2.05, 4.69) is 13.0 Å². The van der Waals surface area contributed by atoms with Crippen LogP contribution in [0.15, 0.2) is 58.7 Å². The van der Waals surface area contributed by atoms with Crippen molar-refractivity contribution in [2.24, 2.45) is 0 Å². The summed E-state index contributed by atoms with van der Waals surface area (Å²) < 4.78 is 1.74. The fourth-order valence-corrected chi connectivity index (χ4v) is 4.49. The summed E-state index contributed by atoms with van der Waals surface area (Å²) in [7, 11) is 0. The van der Waals surface area contributed by atoms with E-state index in [-0.39, 0.29) is 5.56 Å². The molecule has 0 saturated heterocycles. The minimum atomic E-state index is -0.0491. The van der Waals surface area contributed by atoms with Crippen LogP contribution in [0.5, 0.6) is 0 Å². The molecule has 0 N–H and O–H groups in total. The number of nitriles is 1. The molecule has 0 unspecified atom stereocenters. The number of fused-ring (bicyclic) bond motifs is 1. The van der Waals surface area contributed by atoms with Gasteiger partial charge < -0.3 is 0 Å². The molecule has 2 aromatic carbocycles. The highest BCUT2D eigenvalue weighted by Gasteiger charge is 2.17. The molecule has 0 spiro atoms. The first-order chi connectivity index (χ1) is 14.1. The Morgan fingerprint density at radius 1 is 1.21 bits per heavy atom. The minimum Gasteiger partial charge on any atom is -0.292 e. The number of hydrogen-bond donors (Lipinski definition) is 0. The molecule has 0 fully saturated rings. The van der Waals surface area contributed by atoms with Gasteiger partial charge in [0.05, 0.1) is 23.6 Å². The zero-order chi connectivity index (χ0) is 20.4. The van der Waals surface area contributed by atoms with E-state index in [1.165, 1.54) is 11.3 Å². The molecule has 2 heterocycles. The van der Waals surface area contributed by atoms with Gasteiger partial charge in [0.1, 0.15) is 10.7 Å². The van der Waals surface area contributed by atoms with Crippen molar-refractivity contribution >= 4 is 33.2 Å². The highest BCUT2D eigenvalue weighted by Crippen LogP contribution is 2.32. The second-order valence-corrected chi connectivity index (χ2v) is 8.11. The quantitative estimate of drug-likeness (QED) is 0.420. The summed E-state index contributed by atoms with van der Waals surface area (Å²) in [5.74, 6) is 0.775. The fourth-order valence-electron chi connectivity index (χ4n) is 3.41. The predicted molar refractivity (Wildman–Crippen MR) is 119 cm³/mol. The number of halogens is 1. The van der Waals surface area contributed by atoms with Crippen LogP contribution in [0.1, 0.15) is 30.3 Å². The van der Waals surface area contributed by atoms with Gasteiger partial charge in [0.15, 0.2) is 0 Å². The van der Waals surface area contributed by atoms with Crippen LogP contribution in [0.2, 0.25) is 5.02 Å². The van der Waals surface area contributed by atoms with E-state index in [0.717, 1.165) is 40.2 Å². The maximum Gasteiger partial charge on any atom is 0.263 e. The zero-order valence-electron chi connectivity index (χ0n) is 15.9. The summed E-state index contributed by atoms with van der Waals surface area (Å²) in [5.41, 5.74) is 3.27. The molecule has 29 heavy (non-hydrogen) atoms. The van der Waals surface area contributed by atoms with Crippen molar-refractivity contribution in [1.29, 1.82) is 5.26 Å². The molecule has 0 atom stereocenters. The molecular weight excluding hydrogens is 402 g/mol. The number of hydrogen-bond acceptors (Lipinski definition) is 4. The lowest BCUT2D eigenvalue weighted by Gasteiger charge is -2.13. The summed E-state index contributed by atoms with van der Waals surface area (Å²) in [6.07, 6.45) is 1.61. The molecule has 144 valence electrons. The first-order valence-corrected chi connectivity index (χ1v) is 10.6. The molecule has 0 aliphatic carbocycles. The van der Waals surface area contributed by atoms with E-state index in [0.29, 0.717) is 22.5 Å². The molecular formula is C23H18ClN3OS. The summed E-state index contributed by atoms with van der Waals surface area (Å²) in [6.45, 7) is 2.47. The number of aryl methyl sites for hydroxylation is 1. The Kier molecular flexibility index (Phi) is 5.48. The highest BCUT2D eigenvalue weighted by atomic mass is 35.5. The first-order valence-electron chi connectivity index (χ1n) is 9.36. The molecule has 2 aromatic heterocycles. The Morgan fingerprint density at radius 2 is 2.00 bits per heavy atom. The average Bonchev–Trinajstić information content (AvgIpc) is 3.16. The first kappa shape index (κ1) is 19.4. The van der Waals surface area contributed by atoms with Crippen LogP contribution in [0.3, 0.4) is 0 Å². The van der Waals surface area contributed by atoms with E-state index in [1.807, 2.05) is 47.8 Å². The summed E-state index contributed by atoms with van der Waals surface area (Å²) in [6, 6.07) is 17.0. The van der Waals surface area contributed by atoms with Crippen LogP contribution >= 0.6 is 22.9 Å². The molecule has 4 aromatic rings. The Morgan fingerprint density at radius 3 is 2.72 bits per heavy atom. The normalized spacial score (nSPS) is 10.9. The third-order valence-corrected chi connectivity index (χ3v) is 5.92. The van der Waals surface area contributed by atoms with Gasteiger partial charge in [0, 0.05) is 22.4 Å². The Labute approximate surface area is 177 Å². The smallest absolute Gasteiger partial charge is 0.263 e. The number of benzene rings is 2. The van der Waals surface area contributed by atoms with Gasteiger partial charge in [-0.25, -0.2) is 4.98 Å². The van der Waals surface area contributed by atoms with E-state index >= 15 is 0 Å². The third-order valence-electron chi connectivity index (χ3n) is 4.80. The zero-order valence-corrected chi connectivity index (χ0v) is 17.4.